The number of nitrogens with zero attached hydrogens (tertiary/aromatic N) is 5. The number of nitrogen functional groups attached to an aromatic ring is 1. The molecular weight excluding hydrogens is 357 g/mol. The maximum absolute atomic E-state index is 14.1. The molecule has 3 rings (SSSR count). The molecule has 3 aromatic rings. The molecule has 2 aromatic heterocycles. The van der Waals surface area contributed by atoms with Crippen molar-refractivity contribution in [1.29, 1.82) is 0 Å². The Hall–Kier alpha value is -4.07. The van der Waals surface area contributed by atoms with Gasteiger partial charge in [-0.05, 0) is 35.5 Å². The molecule has 2 heterocycles. The number of esters is 1. The highest BCUT2D eigenvalue weighted by molar-refractivity contribution is 6.07. The monoisotopic (exact) mass is 369 g/mol. The Balaban J connectivity index is 2.03. The van der Waals surface area contributed by atoms with Crippen LogP contribution in [0.15, 0.2) is 18.2 Å². The number of aromatic nitrogens is 5. The third kappa shape index (κ3) is 3.36. The molecule has 136 valence electrons. The minimum absolute atomic E-state index is 0.00295. The first-order chi connectivity index (χ1) is 12.9. The lowest BCUT2D eigenvalue weighted by Gasteiger charge is -2.11. The summed E-state index contributed by atoms with van der Waals surface area (Å²) in [6, 6.07) is 3.44. The number of amides is 1. The van der Waals surface area contributed by atoms with Gasteiger partial charge >= 0.3 is 5.97 Å². The van der Waals surface area contributed by atoms with E-state index in [2.05, 4.69) is 42.5 Å². The highest BCUT2D eigenvalue weighted by Gasteiger charge is 2.20. The quantitative estimate of drug-likeness (QED) is 0.507. The molecule has 0 aliphatic rings. The zero-order valence-electron chi connectivity index (χ0n) is 14.1. The number of ether oxygens (including phenoxy) is 1. The van der Waals surface area contributed by atoms with Crippen LogP contribution in [0.5, 0.6) is 0 Å². The Kier molecular flexibility index (Phi) is 4.63. The van der Waals surface area contributed by atoms with Gasteiger partial charge in [0, 0.05) is 0 Å². The second-order valence-electron chi connectivity index (χ2n) is 5.18. The predicted molar refractivity (Wildman–Crippen MR) is 91.2 cm³/mol. The minimum Gasteiger partial charge on any atom is -0.465 e. The number of carbonyl (C=O) groups excluding carboxylic acids is 2. The molecule has 0 saturated carbocycles. The zero-order chi connectivity index (χ0) is 19.6. The Morgan fingerprint density at radius 2 is 2.11 bits per heavy atom. The van der Waals surface area contributed by atoms with Crippen molar-refractivity contribution < 1.29 is 18.7 Å². The van der Waals surface area contributed by atoms with Gasteiger partial charge in [-0.3, -0.25) is 4.79 Å². The Morgan fingerprint density at radius 3 is 2.81 bits per heavy atom. The van der Waals surface area contributed by atoms with Gasteiger partial charge < -0.3 is 15.8 Å². The summed E-state index contributed by atoms with van der Waals surface area (Å²) in [5.74, 6) is 2.83. The van der Waals surface area contributed by atoms with Crippen molar-refractivity contribution in [2.24, 2.45) is 0 Å². The Labute approximate surface area is 151 Å². The van der Waals surface area contributed by atoms with Crippen LogP contribution in [0.1, 0.15) is 33.3 Å². The number of rotatable bonds is 3. The van der Waals surface area contributed by atoms with Gasteiger partial charge in [0.25, 0.3) is 5.91 Å². The summed E-state index contributed by atoms with van der Waals surface area (Å²) in [6.07, 6.45) is 0. The third-order valence-electron chi connectivity index (χ3n) is 3.46. The first kappa shape index (κ1) is 17.7. The maximum Gasteiger partial charge on any atom is 0.340 e. The van der Waals surface area contributed by atoms with E-state index in [1.807, 2.05) is 0 Å². The molecule has 11 heteroatoms. The molecule has 0 bridgehead atoms. The van der Waals surface area contributed by atoms with E-state index >= 15 is 0 Å². The first-order valence-corrected chi connectivity index (χ1v) is 7.45. The average Bonchev–Trinajstić information content (AvgIpc) is 3.13. The molecule has 3 N–H and O–H groups in total. The number of hydrogen-bond donors (Lipinski definition) is 2. The summed E-state index contributed by atoms with van der Waals surface area (Å²) in [6.45, 7) is 1.53. The average molecular weight is 369 g/mol. The van der Waals surface area contributed by atoms with E-state index < -0.39 is 17.7 Å². The topological polar surface area (TPSA) is 137 Å². The van der Waals surface area contributed by atoms with E-state index in [1.165, 1.54) is 19.1 Å². The fourth-order valence-corrected chi connectivity index (χ4v) is 2.25. The number of nitrogens with one attached hydrogen (secondary N) is 1. The molecule has 0 radical (unpaired) electrons. The van der Waals surface area contributed by atoms with Crippen LogP contribution >= 0.6 is 0 Å². The van der Waals surface area contributed by atoms with Gasteiger partial charge in [0.15, 0.2) is 5.69 Å². The Morgan fingerprint density at radius 1 is 1.33 bits per heavy atom. The van der Waals surface area contributed by atoms with Crippen molar-refractivity contribution >= 4 is 28.9 Å². The molecule has 10 nitrogen and oxygen atoms in total. The van der Waals surface area contributed by atoms with Gasteiger partial charge in [-0.25, -0.2) is 9.18 Å². The predicted octanol–water partition coefficient (Wildman–Crippen LogP) is 0.651. The highest BCUT2D eigenvalue weighted by Crippen LogP contribution is 2.22. The van der Waals surface area contributed by atoms with E-state index in [4.69, 9.17) is 5.73 Å². The number of tetrazole rings is 1. The van der Waals surface area contributed by atoms with Crippen LogP contribution in [0, 0.1) is 17.7 Å². The van der Waals surface area contributed by atoms with Gasteiger partial charge in [-0.2, -0.15) is 0 Å². The van der Waals surface area contributed by atoms with Gasteiger partial charge in [0.1, 0.15) is 5.82 Å². The molecule has 0 unspecified atom stereocenters. The number of halogens is 1. The minimum atomic E-state index is -0.830. The normalized spacial score (nSPS) is 10.2. The number of fused-ring (bicyclic) bond motifs is 1. The van der Waals surface area contributed by atoms with Crippen molar-refractivity contribution in [1.82, 2.24) is 25.3 Å². The lowest BCUT2D eigenvalue weighted by molar-refractivity contribution is 0.0601. The maximum atomic E-state index is 14.1. The largest absolute Gasteiger partial charge is 0.465 e. The fraction of sp³-hybridized carbons (Fsp3) is 0.125. The van der Waals surface area contributed by atoms with Crippen LogP contribution in [0.3, 0.4) is 0 Å². The van der Waals surface area contributed by atoms with Crippen LogP contribution in [0.2, 0.25) is 0 Å². The number of carbonyl (C=O) groups is 2. The lowest BCUT2D eigenvalue weighted by Crippen LogP contribution is -2.19. The van der Waals surface area contributed by atoms with E-state index in [1.54, 1.807) is 0 Å². The molecule has 0 aliphatic carbocycles. The van der Waals surface area contributed by atoms with Crippen LogP contribution in [-0.2, 0) is 4.74 Å². The fourth-order valence-electron chi connectivity index (χ4n) is 2.25. The van der Waals surface area contributed by atoms with Crippen molar-refractivity contribution in [3.63, 3.8) is 0 Å². The van der Waals surface area contributed by atoms with Crippen LogP contribution < -0.4 is 11.1 Å². The van der Waals surface area contributed by atoms with E-state index in [0.29, 0.717) is 0 Å². The summed E-state index contributed by atoms with van der Waals surface area (Å²) >= 11 is 0. The summed E-state index contributed by atoms with van der Waals surface area (Å²) in [5.41, 5.74) is 5.82. The SMILES string of the molecule is CC#Cc1cc(NC(=O)c2cc(N)c3nnnn3n2)c(C(=O)OC)cc1F. The number of nitrogens with two attached hydrogens (primary N) is 1. The van der Waals surface area contributed by atoms with Crippen LogP contribution in [0.25, 0.3) is 5.65 Å². The van der Waals surface area contributed by atoms with Crippen molar-refractivity contribution in [3.8, 4) is 11.8 Å². The standard InChI is InChI=1S/C16H12FN7O3/c1-3-4-8-5-12(9(6-10(8)17)16(26)27-2)19-15(25)13-7-11(18)14-20-22-23-24(14)21-13/h5-7H,18H2,1-2H3,(H,19,25). The summed E-state index contributed by atoms with van der Waals surface area (Å²) in [5, 5.41) is 17.1. The van der Waals surface area contributed by atoms with E-state index in [-0.39, 0.29) is 33.8 Å². The molecular formula is C16H12FN7O3. The number of hydrogen-bond acceptors (Lipinski definition) is 8. The first-order valence-electron chi connectivity index (χ1n) is 7.45. The van der Waals surface area contributed by atoms with Crippen molar-refractivity contribution in [3.05, 3.63) is 40.8 Å². The van der Waals surface area contributed by atoms with E-state index in [9.17, 15) is 14.0 Å². The van der Waals surface area contributed by atoms with Gasteiger partial charge in [0.05, 0.1) is 29.6 Å². The van der Waals surface area contributed by atoms with Crippen molar-refractivity contribution in [2.75, 3.05) is 18.2 Å². The molecule has 0 spiro atoms. The number of methoxy groups -OCH3 is 1. The summed E-state index contributed by atoms with van der Waals surface area (Å²) < 4.78 is 19.7. The lowest BCUT2D eigenvalue weighted by atomic mass is 10.1. The highest BCUT2D eigenvalue weighted by atomic mass is 19.1. The van der Waals surface area contributed by atoms with Gasteiger partial charge in [0.2, 0.25) is 5.65 Å². The molecule has 0 saturated heterocycles. The summed E-state index contributed by atoms with van der Waals surface area (Å²) in [4.78, 5) is 24.5. The molecule has 1 aromatic carbocycles. The number of anilines is 2. The third-order valence-corrected chi connectivity index (χ3v) is 3.46. The summed E-state index contributed by atoms with van der Waals surface area (Å²) in [7, 11) is 1.14. The van der Waals surface area contributed by atoms with E-state index in [0.717, 1.165) is 17.8 Å². The molecule has 0 fully saturated rings. The molecule has 0 aliphatic heterocycles. The second kappa shape index (κ2) is 7.04. The number of benzene rings is 1. The van der Waals surface area contributed by atoms with Crippen molar-refractivity contribution in [2.45, 2.75) is 6.92 Å². The second-order valence-corrected chi connectivity index (χ2v) is 5.18. The molecule has 0 atom stereocenters. The van der Waals surface area contributed by atoms with Crippen LogP contribution in [-0.4, -0.2) is 44.2 Å². The van der Waals surface area contributed by atoms with Gasteiger partial charge in [-0.1, -0.05) is 5.92 Å². The molecule has 1 amide bonds. The zero-order valence-corrected chi connectivity index (χ0v) is 14.1. The van der Waals surface area contributed by atoms with Gasteiger partial charge in [-0.15, -0.1) is 20.7 Å². The van der Waals surface area contributed by atoms with Crippen LogP contribution in [0.4, 0.5) is 15.8 Å². The molecule has 27 heavy (non-hydrogen) atoms. The Bertz CT molecular complexity index is 1130. The smallest absolute Gasteiger partial charge is 0.340 e.